The molecule has 11 rings (SSSR count). The maximum atomic E-state index is 4.40. The third-order valence-electron chi connectivity index (χ3n) is 11.1. The molecule has 4 heteroatoms. The summed E-state index contributed by atoms with van der Waals surface area (Å²) in [5, 5.41) is 5.03. The average molecular weight is 629 g/mol. The molecule has 49 heavy (non-hydrogen) atoms. The summed E-state index contributed by atoms with van der Waals surface area (Å²) < 4.78 is 7.34. The van der Waals surface area contributed by atoms with Crippen LogP contribution in [0.1, 0.15) is 29.1 Å². The monoisotopic (exact) mass is 628 g/mol. The maximum Gasteiger partial charge on any atom is 0.214 e. The van der Waals surface area contributed by atoms with Crippen molar-refractivity contribution in [1.29, 1.82) is 0 Å². The van der Waals surface area contributed by atoms with E-state index in [4.69, 9.17) is 0 Å². The molecule has 0 saturated carbocycles. The number of nitrogens with one attached hydrogen (secondary N) is 1. The lowest BCUT2D eigenvalue weighted by molar-refractivity contribution is -0.738. The Kier molecular flexibility index (Phi) is 5.40. The molecule has 1 N–H and O–H groups in total. The van der Waals surface area contributed by atoms with Gasteiger partial charge in [-0.05, 0) is 60.2 Å². The van der Waals surface area contributed by atoms with Gasteiger partial charge in [-0.15, -0.1) is 0 Å². The fraction of sp³-hybridized carbons (Fsp3) is 0.0667. The van der Waals surface area contributed by atoms with Crippen LogP contribution in [0.5, 0.6) is 0 Å². The van der Waals surface area contributed by atoms with Crippen LogP contribution in [0.4, 0.5) is 0 Å². The summed E-state index contributed by atoms with van der Waals surface area (Å²) in [4.78, 5) is 3.87. The number of rotatable bonds is 3. The number of benzene rings is 5. The fourth-order valence-electron chi connectivity index (χ4n) is 9.12. The zero-order chi connectivity index (χ0) is 32.2. The van der Waals surface area contributed by atoms with Crippen molar-refractivity contribution in [3.63, 3.8) is 0 Å². The molecule has 0 aliphatic carbocycles. The molecule has 9 aromatic rings. The average Bonchev–Trinajstić information content (AvgIpc) is 3.79. The summed E-state index contributed by atoms with van der Waals surface area (Å²) in [6.07, 6.45) is 6.73. The molecule has 0 bridgehead atoms. The number of aromatic amines is 1. The van der Waals surface area contributed by atoms with E-state index in [1.165, 1.54) is 71.9 Å². The van der Waals surface area contributed by atoms with Crippen molar-refractivity contribution in [3.05, 3.63) is 176 Å². The highest BCUT2D eigenvalue weighted by Crippen LogP contribution is 2.50. The predicted molar refractivity (Wildman–Crippen MR) is 198 cm³/mol. The predicted octanol–water partition coefficient (Wildman–Crippen LogP) is 9.75. The molecule has 4 aromatic heterocycles. The van der Waals surface area contributed by atoms with Crippen LogP contribution >= 0.6 is 0 Å². The highest BCUT2D eigenvalue weighted by atomic mass is 15.1. The van der Waals surface area contributed by atoms with Crippen molar-refractivity contribution in [3.8, 4) is 28.2 Å². The first-order chi connectivity index (χ1) is 24.3. The molecule has 0 amide bonds. The second-order valence-electron chi connectivity index (χ2n) is 13.5. The maximum absolute atomic E-state index is 4.40. The molecular weight excluding hydrogens is 597 g/mol. The third-order valence-corrected chi connectivity index (χ3v) is 11.1. The molecular formula is C45H32N4+2. The van der Waals surface area contributed by atoms with E-state index in [2.05, 4.69) is 183 Å². The topological polar surface area (TPSA) is 28.5 Å². The van der Waals surface area contributed by atoms with Gasteiger partial charge in [0, 0.05) is 56.5 Å². The number of hydrogen-bond acceptors (Lipinski definition) is 0. The Bertz CT molecular complexity index is 2820. The van der Waals surface area contributed by atoms with Crippen molar-refractivity contribution in [2.45, 2.75) is 18.0 Å². The number of H-pyrrole nitrogens is 1. The van der Waals surface area contributed by atoms with Gasteiger partial charge in [-0.1, -0.05) is 79.4 Å². The van der Waals surface area contributed by atoms with Crippen LogP contribution in [0.2, 0.25) is 0 Å². The molecule has 0 radical (unpaired) electrons. The third kappa shape index (κ3) is 3.58. The van der Waals surface area contributed by atoms with Crippen molar-refractivity contribution in [2.24, 2.45) is 0 Å². The van der Waals surface area contributed by atoms with E-state index in [1.54, 1.807) is 0 Å². The first-order valence-electron chi connectivity index (χ1n) is 17.1. The van der Waals surface area contributed by atoms with Crippen molar-refractivity contribution < 1.29 is 9.13 Å². The number of para-hydroxylation sites is 2. The lowest BCUT2D eigenvalue weighted by Crippen LogP contribution is -2.52. The van der Waals surface area contributed by atoms with Crippen LogP contribution in [0.3, 0.4) is 0 Å². The molecule has 0 saturated heterocycles. The highest BCUT2D eigenvalue weighted by Gasteiger charge is 2.51. The van der Waals surface area contributed by atoms with E-state index >= 15 is 0 Å². The summed E-state index contributed by atoms with van der Waals surface area (Å²) in [5.41, 5.74) is 13.7. The molecule has 0 fully saturated rings. The quantitative estimate of drug-likeness (QED) is 0.149. The van der Waals surface area contributed by atoms with Gasteiger partial charge < -0.3 is 9.55 Å². The van der Waals surface area contributed by atoms with E-state index in [0.29, 0.717) is 0 Å². The molecule has 4 nitrogen and oxygen atoms in total. The minimum absolute atomic E-state index is 0.0908. The Hall–Kier alpha value is -6.26. The van der Waals surface area contributed by atoms with Crippen molar-refractivity contribution in [1.82, 2.24) is 9.55 Å². The Balaban J connectivity index is 1.17. The molecule has 3 atom stereocenters. The molecule has 3 unspecified atom stereocenters. The Morgan fingerprint density at radius 1 is 0.571 bits per heavy atom. The minimum Gasteiger partial charge on any atom is -0.350 e. The number of pyridine rings is 2. The lowest BCUT2D eigenvalue weighted by atomic mass is 9.76. The molecule has 0 spiro atoms. The number of allylic oxidation sites excluding steroid dienone is 1. The number of nitrogens with zero attached hydrogens (tertiary/aromatic N) is 3. The summed E-state index contributed by atoms with van der Waals surface area (Å²) in [5.74, 6) is 0.155. The van der Waals surface area contributed by atoms with E-state index < -0.39 is 0 Å². The summed E-state index contributed by atoms with van der Waals surface area (Å²) in [6, 6.07) is 51.3. The van der Waals surface area contributed by atoms with Gasteiger partial charge in [0.05, 0.1) is 22.2 Å². The van der Waals surface area contributed by atoms with Gasteiger partial charge >= 0.3 is 0 Å². The van der Waals surface area contributed by atoms with Crippen molar-refractivity contribution in [2.75, 3.05) is 0 Å². The van der Waals surface area contributed by atoms with Crippen LogP contribution < -0.4 is 9.13 Å². The first-order valence-corrected chi connectivity index (χ1v) is 17.1. The zero-order valence-electron chi connectivity index (χ0n) is 26.8. The molecule has 2 aliphatic rings. The lowest BCUT2D eigenvalue weighted by Gasteiger charge is -2.30. The first kappa shape index (κ1) is 26.8. The molecule has 2 aliphatic heterocycles. The van der Waals surface area contributed by atoms with E-state index in [1.807, 2.05) is 0 Å². The Morgan fingerprint density at radius 2 is 1.29 bits per heavy atom. The standard InChI is InChI=1S/C45H31N4/c1-2-39-44(32-19-8-6-16-29(32)40-21-12-13-23-47(39)40)45-33-20-9-7-17-30(33)42-25-35-34-24-36-31-18-10-11-22-41(31)49(28-14-4-3-5-15-28)43(36)26-37(34)46-38(35)27-48(42)45/h2-27,39,44-45H,1H2/q+1/p+1. The van der Waals surface area contributed by atoms with E-state index in [9.17, 15) is 0 Å². The normalized spacial score (nSPS) is 17.7. The zero-order valence-corrected chi connectivity index (χ0v) is 26.8. The molecule has 230 valence electrons. The number of fused-ring (bicyclic) bond motifs is 12. The fourth-order valence-corrected chi connectivity index (χ4v) is 9.12. The Morgan fingerprint density at radius 3 is 2.14 bits per heavy atom. The number of aromatic nitrogens is 4. The van der Waals surface area contributed by atoms with Gasteiger partial charge in [0.1, 0.15) is 11.4 Å². The molecule has 5 aromatic carbocycles. The van der Waals surface area contributed by atoms with E-state index in [-0.39, 0.29) is 18.0 Å². The molecule has 6 heterocycles. The van der Waals surface area contributed by atoms with Gasteiger partial charge in [-0.25, -0.2) is 0 Å². The number of hydrogen-bond donors (Lipinski definition) is 1. The largest absolute Gasteiger partial charge is 0.350 e. The minimum atomic E-state index is 0.0908. The van der Waals surface area contributed by atoms with Gasteiger partial charge in [-0.3, -0.25) is 0 Å². The van der Waals surface area contributed by atoms with Crippen molar-refractivity contribution >= 4 is 43.6 Å². The van der Waals surface area contributed by atoms with Crippen LogP contribution in [-0.2, 0) is 0 Å². The van der Waals surface area contributed by atoms with Crippen LogP contribution in [0.25, 0.3) is 71.8 Å². The Labute approximate surface area is 283 Å². The van der Waals surface area contributed by atoms with Gasteiger partial charge in [0.15, 0.2) is 24.5 Å². The smallest absolute Gasteiger partial charge is 0.214 e. The van der Waals surface area contributed by atoms with Crippen LogP contribution in [-0.4, -0.2) is 9.55 Å². The second-order valence-corrected chi connectivity index (χ2v) is 13.5. The summed E-state index contributed by atoms with van der Waals surface area (Å²) >= 11 is 0. The summed E-state index contributed by atoms with van der Waals surface area (Å²) in [7, 11) is 0. The van der Waals surface area contributed by atoms with E-state index in [0.717, 1.165) is 11.0 Å². The SMILES string of the molecule is C=CC1C(C2c3ccccc3-c3cc4c(c[n+]32)[nH]c2cc3c(cc24)c2ccccc2n3-c2ccccc2)c2ccccc2-c2cccc[n+]21. The highest BCUT2D eigenvalue weighted by molar-refractivity contribution is 6.18. The van der Waals surface area contributed by atoms with Crippen LogP contribution in [0.15, 0.2) is 165 Å². The van der Waals surface area contributed by atoms with Gasteiger partial charge in [0.25, 0.3) is 0 Å². The van der Waals surface area contributed by atoms with Gasteiger partial charge in [-0.2, -0.15) is 9.13 Å². The van der Waals surface area contributed by atoms with Crippen LogP contribution in [0, 0.1) is 0 Å². The van der Waals surface area contributed by atoms with Gasteiger partial charge in [0.2, 0.25) is 11.4 Å². The summed E-state index contributed by atoms with van der Waals surface area (Å²) in [6.45, 7) is 4.40. The second kappa shape index (κ2) is 9.88.